The van der Waals surface area contributed by atoms with Gasteiger partial charge in [-0.1, -0.05) is 18.2 Å². The number of hydrogen-bond acceptors (Lipinski definition) is 3. The summed E-state index contributed by atoms with van der Waals surface area (Å²) in [7, 11) is 0. The van der Waals surface area contributed by atoms with Gasteiger partial charge in [-0.05, 0) is 37.8 Å². The minimum absolute atomic E-state index is 0. The summed E-state index contributed by atoms with van der Waals surface area (Å²) in [6.07, 6.45) is 5.51. The Morgan fingerprint density at radius 1 is 1.37 bits per heavy atom. The van der Waals surface area contributed by atoms with Gasteiger partial charge in [-0.2, -0.15) is 5.10 Å². The van der Waals surface area contributed by atoms with Crippen LogP contribution in [0, 0.1) is 5.82 Å². The molecule has 0 radical (unpaired) electrons. The molecular weight excluding hydrogens is 458 g/mol. The Hall–Kier alpha value is -1.71. The Morgan fingerprint density at radius 2 is 2.19 bits per heavy atom. The SMILES string of the molecule is CCNC(=NCC1(c2ccccc2F)CC1)NC1CCc2ncnn2C1.I. The molecule has 1 atom stereocenters. The van der Waals surface area contributed by atoms with E-state index in [-0.39, 0.29) is 41.3 Å². The first-order valence-electron chi connectivity index (χ1n) is 9.37. The van der Waals surface area contributed by atoms with Crippen LogP contribution in [0.25, 0.3) is 0 Å². The molecular formula is C19H26FIN6. The van der Waals surface area contributed by atoms with Crippen LogP contribution in [0.1, 0.15) is 37.6 Å². The van der Waals surface area contributed by atoms with Crippen LogP contribution in [-0.2, 0) is 18.4 Å². The molecule has 1 unspecified atom stereocenters. The Bertz CT molecular complexity index is 801. The van der Waals surface area contributed by atoms with Gasteiger partial charge in [-0.3, -0.25) is 4.99 Å². The van der Waals surface area contributed by atoms with Crippen molar-refractivity contribution in [1.29, 1.82) is 0 Å². The molecule has 2 N–H and O–H groups in total. The number of rotatable bonds is 5. The van der Waals surface area contributed by atoms with Crippen LogP contribution in [0.15, 0.2) is 35.6 Å². The zero-order valence-electron chi connectivity index (χ0n) is 15.5. The summed E-state index contributed by atoms with van der Waals surface area (Å²) in [5, 5.41) is 11.1. The predicted molar refractivity (Wildman–Crippen MR) is 114 cm³/mol. The van der Waals surface area contributed by atoms with Gasteiger partial charge in [0.25, 0.3) is 0 Å². The van der Waals surface area contributed by atoms with E-state index in [2.05, 4.69) is 27.6 Å². The predicted octanol–water partition coefficient (Wildman–Crippen LogP) is 2.64. The van der Waals surface area contributed by atoms with E-state index in [1.165, 1.54) is 0 Å². The fourth-order valence-electron chi connectivity index (χ4n) is 3.65. The molecule has 2 aliphatic rings. The normalized spacial score (nSPS) is 20.4. The van der Waals surface area contributed by atoms with Crippen LogP contribution in [0.5, 0.6) is 0 Å². The molecule has 1 aromatic heterocycles. The van der Waals surface area contributed by atoms with Crippen LogP contribution >= 0.6 is 24.0 Å². The van der Waals surface area contributed by atoms with Crippen molar-refractivity contribution in [1.82, 2.24) is 25.4 Å². The van der Waals surface area contributed by atoms with Gasteiger partial charge in [-0.25, -0.2) is 14.1 Å². The average molecular weight is 484 g/mol. The lowest BCUT2D eigenvalue weighted by atomic mass is 9.95. The average Bonchev–Trinajstić information content (AvgIpc) is 3.29. The molecule has 1 aliphatic carbocycles. The van der Waals surface area contributed by atoms with Crippen LogP contribution < -0.4 is 10.6 Å². The molecule has 0 bridgehead atoms. The first kappa shape index (κ1) is 20.0. The molecule has 2 aromatic rings. The van der Waals surface area contributed by atoms with Crippen LogP contribution in [0.2, 0.25) is 0 Å². The van der Waals surface area contributed by atoms with Gasteiger partial charge in [0, 0.05) is 24.4 Å². The van der Waals surface area contributed by atoms with Crippen molar-refractivity contribution in [3.63, 3.8) is 0 Å². The van der Waals surface area contributed by atoms with Gasteiger partial charge in [0.2, 0.25) is 0 Å². The van der Waals surface area contributed by atoms with Crippen LogP contribution in [-0.4, -0.2) is 39.9 Å². The van der Waals surface area contributed by atoms with Crippen LogP contribution in [0.4, 0.5) is 4.39 Å². The zero-order valence-corrected chi connectivity index (χ0v) is 17.8. The Kier molecular flexibility index (Phi) is 6.33. The molecule has 4 rings (SSSR count). The number of fused-ring (bicyclic) bond motifs is 1. The monoisotopic (exact) mass is 484 g/mol. The van der Waals surface area contributed by atoms with Gasteiger partial charge in [-0.15, -0.1) is 24.0 Å². The summed E-state index contributed by atoms with van der Waals surface area (Å²) in [6.45, 7) is 4.24. The Morgan fingerprint density at radius 3 is 2.93 bits per heavy atom. The molecule has 27 heavy (non-hydrogen) atoms. The smallest absolute Gasteiger partial charge is 0.191 e. The van der Waals surface area contributed by atoms with Crippen molar-refractivity contribution in [3.05, 3.63) is 47.8 Å². The number of halogens is 2. The maximum absolute atomic E-state index is 14.2. The molecule has 0 saturated heterocycles. The maximum atomic E-state index is 14.2. The van der Waals surface area contributed by atoms with Crippen molar-refractivity contribution in [3.8, 4) is 0 Å². The number of guanidine groups is 1. The highest BCUT2D eigenvalue weighted by atomic mass is 127. The lowest BCUT2D eigenvalue weighted by Crippen LogP contribution is -2.47. The molecule has 0 amide bonds. The highest BCUT2D eigenvalue weighted by molar-refractivity contribution is 14.0. The van der Waals surface area contributed by atoms with E-state index in [9.17, 15) is 4.39 Å². The molecule has 0 spiro atoms. The molecule has 1 fully saturated rings. The van der Waals surface area contributed by atoms with Crippen LogP contribution in [0.3, 0.4) is 0 Å². The zero-order chi connectivity index (χ0) is 18.0. The fourth-order valence-corrected chi connectivity index (χ4v) is 3.65. The molecule has 8 heteroatoms. The number of aromatic nitrogens is 3. The molecule has 1 saturated carbocycles. The highest BCUT2D eigenvalue weighted by Gasteiger charge is 2.45. The Labute approximate surface area is 176 Å². The number of hydrogen-bond donors (Lipinski definition) is 2. The second-order valence-electron chi connectivity index (χ2n) is 7.19. The molecule has 2 heterocycles. The van der Waals surface area contributed by atoms with E-state index in [1.807, 2.05) is 16.8 Å². The van der Waals surface area contributed by atoms with Gasteiger partial charge in [0.05, 0.1) is 13.1 Å². The van der Waals surface area contributed by atoms with Crippen molar-refractivity contribution < 1.29 is 4.39 Å². The first-order chi connectivity index (χ1) is 12.7. The van der Waals surface area contributed by atoms with E-state index in [0.29, 0.717) is 6.54 Å². The standard InChI is InChI=1S/C19H25FN6.HI/c1-2-21-18(25-14-7-8-17-23-13-24-26(17)11-14)22-12-19(9-10-19)15-5-3-4-6-16(15)20;/h3-6,13-14H,2,7-12H2,1H3,(H2,21,22,25);1H. The molecule has 6 nitrogen and oxygen atoms in total. The van der Waals surface area contributed by atoms with Gasteiger partial charge >= 0.3 is 0 Å². The molecule has 1 aliphatic heterocycles. The number of aliphatic imine (C=N–C) groups is 1. The number of nitrogens with one attached hydrogen (secondary N) is 2. The van der Waals surface area contributed by atoms with E-state index in [4.69, 9.17) is 4.99 Å². The topological polar surface area (TPSA) is 67.1 Å². The third kappa shape index (κ3) is 4.41. The summed E-state index contributed by atoms with van der Waals surface area (Å²) in [5.74, 6) is 1.72. The maximum Gasteiger partial charge on any atom is 0.191 e. The quantitative estimate of drug-likeness (QED) is 0.389. The van der Waals surface area contributed by atoms with E-state index < -0.39 is 0 Å². The second kappa shape index (κ2) is 8.53. The highest BCUT2D eigenvalue weighted by Crippen LogP contribution is 2.49. The lowest BCUT2D eigenvalue weighted by Gasteiger charge is -2.26. The van der Waals surface area contributed by atoms with E-state index >= 15 is 0 Å². The Balaban J connectivity index is 0.00000210. The summed E-state index contributed by atoms with van der Waals surface area (Å²) >= 11 is 0. The third-order valence-electron chi connectivity index (χ3n) is 5.33. The number of benzene rings is 1. The van der Waals surface area contributed by atoms with Crippen molar-refractivity contribution in [2.24, 2.45) is 4.99 Å². The van der Waals surface area contributed by atoms with Crippen molar-refractivity contribution in [2.45, 2.75) is 50.6 Å². The second-order valence-corrected chi connectivity index (χ2v) is 7.19. The largest absolute Gasteiger partial charge is 0.357 e. The summed E-state index contributed by atoms with van der Waals surface area (Å²) in [4.78, 5) is 9.05. The number of nitrogens with zero attached hydrogens (tertiary/aromatic N) is 4. The summed E-state index contributed by atoms with van der Waals surface area (Å²) in [5.41, 5.74) is 0.656. The van der Waals surface area contributed by atoms with Gasteiger partial charge in [0.1, 0.15) is 18.0 Å². The lowest BCUT2D eigenvalue weighted by molar-refractivity contribution is 0.392. The minimum atomic E-state index is -0.140. The minimum Gasteiger partial charge on any atom is -0.357 e. The first-order valence-corrected chi connectivity index (χ1v) is 9.37. The molecule has 1 aromatic carbocycles. The fraction of sp³-hybridized carbons (Fsp3) is 0.526. The number of aryl methyl sites for hydroxylation is 1. The summed E-state index contributed by atoms with van der Waals surface area (Å²) < 4.78 is 16.1. The van der Waals surface area contributed by atoms with Crippen molar-refractivity contribution >= 4 is 29.9 Å². The van der Waals surface area contributed by atoms with E-state index in [1.54, 1.807) is 18.5 Å². The van der Waals surface area contributed by atoms with Gasteiger partial charge < -0.3 is 10.6 Å². The van der Waals surface area contributed by atoms with Crippen molar-refractivity contribution in [2.75, 3.05) is 13.1 Å². The molecule has 146 valence electrons. The third-order valence-corrected chi connectivity index (χ3v) is 5.33. The van der Waals surface area contributed by atoms with Gasteiger partial charge in [0.15, 0.2) is 5.96 Å². The summed E-state index contributed by atoms with van der Waals surface area (Å²) in [6, 6.07) is 7.35. The van der Waals surface area contributed by atoms with E-state index in [0.717, 1.165) is 56.1 Å².